The van der Waals surface area contributed by atoms with E-state index in [0.29, 0.717) is 22.4 Å². The lowest BCUT2D eigenvalue weighted by Gasteiger charge is -2.14. The summed E-state index contributed by atoms with van der Waals surface area (Å²) in [6.45, 7) is 0. The number of hydrogen-bond donors (Lipinski definition) is 4. The molecule has 32 heavy (non-hydrogen) atoms. The molecule has 3 aromatic carbocycles. The van der Waals surface area contributed by atoms with Crippen molar-refractivity contribution in [2.75, 3.05) is 24.7 Å². The van der Waals surface area contributed by atoms with Gasteiger partial charge < -0.3 is 29.8 Å². The summed E-state index contributed by atoms with van der Waals surface area (Å²) in [6.07, 6.45) is 0. The standard InChI is InChI=1S/C20H22B2N2O7S/c1-29-19-12-11-18(13-20(19)30-2)32(27,28)24-17-9-5-15(6-10-17)22(26)31-21(25)14-3-7-16(23)8-4-14/h3-13,24-26H,23H2,1-2H3. The maximum atomic E-state index is 12.7. The molecule has 0 unspecified atom stereocenters. The van der Waals surface area contributed by atoms with Crippen molar-refractivity contribution in [2.45, 2.75) is 4.90 Å². The van der Waals surface area contributed by atoms with Crippen LogP contribution >= 0.6 is 0 Å². The van der Waals surface area contributed by atoms with Crippen molar-refractivity contribution in [1.29, 1.82) is 0 Å². The molecule has 0 aliphatic heterocycles. The number of anilines is 2. The average Bonchev–Trinajstić information content (AvgIpc) is 2.79. The van der Waals surface area contributed by atoms with Gasteiger partial charge in [-0.05, 0) is 47.3 Å². The minimum absolute atomic E-state index is 0.00536. The molecule has 0 amide bonds. The van der Waals surface area contributed by atoms with Crippen LogP contribution in [0.25, 0.3) is 0 Å². The second-order valence-corrected chi connectivity index (χ2v) is 8.43. The molecule has 0 radical (unpaired) electrons. The van der Waals surface area contributed by atoms with Crippen molar-refractivity contribution in [3.8, 4) is 11.5 Å². The molecule has 166 valence electrons. The molecule has 0 bridgehead atoms. The van der Waals surface area contributed by atoms with E-state index in [1.54, 1.807) is 24.3 Å². The second kappa shape index (κ2) is 9.96. The van der Waals surface area contributed by atoms with Gasteiger partial charge in [0.2, 0.25) is 0 Å². The van der Waals surface area contributed by atoms with E-state index >= 15 is 0 Å². The summed E-state index contributed by atoms with van der Waals surface area (Å²) in [5, 5.41) is 20.4. The second-order valence-electron chi connectivity index (χ2n) is 6.75. The fourth-order valence-electron chi connectivity index (χ4n) is 2.85. The molecule has 0 aliphatic rings. The molecule has 0 saturated carbocycles. The minimum atomic E-state index is -3.89. The monoisotopic (exact) mass is 456 g/mol. The minimum Gasteiger partial charge on any atom is -0.493 e. The summed E-state index contributed by atoms with van der Waals surface area (Å²) in [6, 6.07) is 16.5. The molecule has 3 aromatic rings. The summed E-state index contributed by atoms with van der Waals surface area (Å²) in [4.78, 5) is -0.00536. The number of nitrogens with one attached hydrogen (secondary N) is 1. The van der Waals surface area contributed by atoms with E-state index in [1.807, 2.05) is 0 Å². The van der Waals surface area contributed by atoms with Crippen molar-refractivity contribution in [1.82, 2.24) is 0 Å². The lowest BCUT2D eigenvalue weighted by atomic mass is 9.71. The predicted octanol–water partition coefficient (Wildman–Crippen LogP) is 0.179. The maximum absolute atomic E-state index is 12.7. The highest BCUT2D eigenvalue weighted by Crippen LogP contribution is 2.30. The maximum Gasteiger partial charge on any atom is 0.477 e. The largest absolute Gasteiger partial charge is 0.493 e. The molecule has 0 aliphatic carbocycles. The van der Waals surface area contributed by atoms with Gasteiger partial charge in [-0.2, -0.15) is 0 Å². The van der Waals surface area contributed by atoms with Crippen LogP contribution in [0.5, 0.6) is 11.5 Å². The summed E-state index contributed by atoms with van der Waals surface area (Å²) < 4.78 is 43.3. The Morgan fingerprint density at radius 2 is 1.34 bits per heavy atom. The molecule has 9 nitrogen and oxygen atoms in total. The number of nitrogens with two attached hydrogens (primary N) is 1. The van der Waals surface area contributed by atoms with E-state index in [1.165, 1.54) is 56.7 Å². The van der Waals surface area contributed by atoms with Gasteiger partial charge in [0.15, 0.2) is 11.5 Å². The molecule has 0 aromatic heterocycles. The van der Waals surface area contributed by atoms with Gasteiger partial charge in [-0.3, -0.25) is 4.72 Å². The average molecular weight is 456 g/mol. The number of hydrogen-bond acceptors (Lipinski definition) is 8. The van der Waals surface area contributed by atoms with Gasteiger partial charge in [0, 0.05) is 17.4 Å². The third-order valence-electron chi connectivity index (χ3n) is 4.59. The third kappa shape index (κ3) is 5.54. The zero-order valence-corrected chi connectivity index (χ0v) is 18.2. The number of methoxy groups -OCH3 is 2. The highest BCUT2D eigenvalue weighted by atomic mass is 32.2. The quantitative estimate of drug-likeness (QED) is 0.264. The van der Waals surface area contributed by atoms with Crippen LogP contribution in [0.1, 0.15) is 0 Å². The first-order valence-electron chi connectivity index (χ1n) is 9.45. The summed E-state index contributed by atoms with van der Waals surface area (Å²) in [7, 11) is -3.82. The molecule has 0 fully saturated rings. The molecule has 12 heteroatoms. The summed E-state index contributed by atoms with van der Waals surface area (Å²) in [5.41, 5.74) is 7.17. The molecular formula is C20H22B2N2O7S. The van der Waals surface area contributed by atoms with E-state index in [4.69, 9.17) is 19.8 Å². The molecule has 3 rings (SSSR count). The number of rotatable bonds is 9. The SMILES string of the molecule is COc1ccc(S(=O)(=O)Nc2ccc(B(O)OB(O)c3ccc(N)cc3)cc2)cc1OC. The van der Waals surface area contributed by atoms with Crippen molar-refractivity contribution in [3.63, 3.8) is 0 Å². The Hall–Kier alpha value is -3.18. The van der Waals surface area contributed by atoms with Crippen LogP contribution in [0, 0.1) is 0 Å². The Morgan fingerprint density at radius 1 is 0.812 bits per heavy atom. The van der Waals surface area contributed by atoms with Gasteiger partial charge in [0.1, 0.15) is 0 Å². The van der Waals surface area contributed by atoms with E-state index in [-0.39, 0.29) is 16.3 Å². The summed E-state index contributed by atoms with van der Waals surface area (Å²) >= 11 is 0. The lowest BCUT2D eigenvalue weighted by Crippen LogP contribution is -2.45. The Morgan fingerprint density at radius 3 is 1.88 bits per heavy atom. The molecule has 5 N–H and O–H groups in total. The van der Waals surface area contributed by atoms with Crippen LogP contribution in [0.15, 0.2) is 71.6 Å². The summed E-state index contributed by atoms with van der Waals surface area (Å²) in [5.74, 6) is 0.691. The van der Waals surface area contributed by atoms with Gasteiger partial charge in [-0.25, -0.2) is 8.42 Å². The molecular weight excluding hydrogens is 434 g/mol. The molecule has 0 heterocycles. The predicted molar refractivity (Wildman–Crippen MR) is 124 cm³/mol. The van der Waals surface area contributed by atoms with Gasteiger partial charge in [0.05, 0.1) is 19.1 Å². The Balaban J connectivity index is 1.69. The normalized spacial score (nSPS) is 11.0. The van der Waals surface area contributed by atoms with Gasteiger partial charge >= 0.3 is 14.2 Å². The Labute approximate surface area is 187 Å². The van der Waals surface area contributed by atoms with E-state index in [2.05, 4.69) is 4.72 Å². The zero-order chi connectivity index (χ0) is 23.3. The Kier molecular flexibility index (Phi) is 7.31. The van der Waals surface area contributed by atoms with Crippen molar-refractivity contribution in [2.24, 2.45) is 0 Å². The van der Waals surface area contributed by atoms with E-state index < -0.39 is 24.3 Å². The molecule has 0 spiro atoms. The van der Waals surface area contributed by atoms with Crippen LogP contribution in [0.2, 0.25) is 0 Å². The fourth-order valence-corrected chi connectivity index (χ4v) is 3.93. The first-order chi connectivity index (χ1) is 15.2. The first kappa shape index (κ1) is 23.5. The number of benzene rings is 3. The van der Waals surface area contributed by atoms with Gasteiger partial charge in [0.25, 0.3) is 10.0 Å². The van der Waals surface area contributed by atoms with Crippen molar-refractivity contribution >= 4 is 46.6 Å². The van der Waals surface area contributed by atoms with Gasteiger partial charge in [-0.15, -0.1) is 0 Å². The number of sulfonamides is 1. The third-order valence-corrected chi connectivity index (χ3v) is 5.97. The van der Waals surface area contributed by atoms with Crippen molar-refractivity contribution in [3.05, 3.63) is 66.7 Å². The fraction of sp³-hybridized carbons (Fsp3) is 0.100. The van der Waals surface area contributed by atoms with E-state index in [0.717, 1.165) is 0 Å². The zero-order valence-electron chi connectivity index (χ0n) is 17.4. The van der Waals surface area contributed by atoms with Crippen LogP contribution in [-0.4, -0.2) is 46.9 Å². The smallest absolute Gasteiger partial charge is 0.477 e. The first-order valence-corrected chi connectivity index (χ1v) is 10.9. The van der Waals surface area contributed by atoms with Crippen LogP contribution in [0.3, 0.4) is 0 Å². The lowest BCUT2D eigenvalue weighted by molar-refractivity contribution is 0.354. The van der Waals surface area contributed by atoms with E-state index in [9.17, 15) is 18.5 Å². The number of ether oxygens (including phenoxy) is 2. The van der Waals surface area contributed by atoms with Crippen LogP contribution < -0.4 is 30.9 Å². The Bertz CT molecular complexity index is 1160. The molecule has 0 atom stereocenters. The highest BCUT2D eigenvalue weighted by molar-refractivity contribution is 7.92. The van der Waals surface area contributed by atoms with Gasteiger partial charge in [-0.1, -0.05) is 24.3 Å². The number of nitrogen functional groups attached to an aromatic ring is 1. The highest BCUT2D eigenvalue weighted by Gasteiger charge is 2.26. The van der Waals surface area contributed by atoms with Crippen LogP contribution in [0.4, 0.5) is 11.4 Å². The topological polar surface area (TPSA) is 140 Å². The molecule has 0 saturated heterocycles. The van der Waals surface area contributed by atoms with Crippen molar-refractivity contribution < 1.29 is 32.5 Å². The van der Waals surface area contributed by atoms with Crippen LogP contribution in [-0.2, 0) is 14.6 Å².